The smallest absolute Gasteiger partial charge is 0.337 e. The fourth-order valence-corrected chi connectivity index (χ4v) is 2.51. The first-order chi connectivity index (χ1) is 13.5. The van der Waals surface area contributed by atoms with Crippen molar-refractivity contribution in [1.29, 1.82) is 0 Å². The maximum atomic E-state index is 12.4. The minimum absolute atomic E-state index is 0.102. The molecule has 0 saturated heterocycles. The zero-order chi connectivity index (χ0) is 20.1. The number of hydrogen-bond acceptors (Lipinski definition) is 6. The molecule has 0 atom stereocenters. The van der Waals surface area contributed by atoms with Crippen LogP contribution >= 0.6 is 0 Å². The number of fused-ring (bicyclic) bond motifs is 1. The Hall–Kier alpha value is -3.61. The SMILES string of the molecule is COC(=O)c1ccc(OC(C)C)c(NC(=O)C=Cc2nc3ccccc3o2)c1. The van der Waals surface area contributed by atoms with E-state index >= 15 is 0 Å². The van der Waals surface area contributed by atoms with E-state index in [-0.39, 0.29) is 6.10 Å². The summed E-state index contributed by atoms with van der Waals surface area (Å²) in [5.41, 5.74) is 2.02. The van der Waals surface area contributed by atoms with Gasteiger partial charge in [0.15, 0.2) is 5.58 Å². The van der Waals surface area contributed by atoms with E-state index in [1.807, 2.05) is 32.0 Å². The van der Waals surface area contributed by atoms with Gasteiger partial charge in [0.1, 0.15) is 11.3 Å². The maximum absolute atomic E-state index is 12.4. The molecule has 0 fully saturated rings. The number of carbonyl (C=O) groups is 2. The Bertz CT molecular complexity index is 1000. The van der Waals surface area contributed by atoms with E-state index in [0.717, 1.165) is 0 Å². The van der Waals surface area contributed by atoms with Gasteiger partial charge in [-0.3, -0.25) is 4.79 Å². The number of rotatable bonds is 6. The second-order valence-electron chi connectivity index (χ2n) is 6.21. The Kier molecular flexibility index (Phi) is 5.74. The van der Waals surface area contributed by atoms with Crippen molar-refractivity contribution in [3.63, 3.8) is 0 Å². The molecule has 0 aliphatic carbocycles. The molecule has 1 amide bonds. The van der Waals surface area contributed by atoms with Gasteiger partial charge in [0.25, 0.3) is 0 Å². The molecule has 0 saturated carbocycles. The molecule has 2 aromatic carbocycles. The summed E-state index contributed by atoms with van der Waals surface area (Å²) in [6, 6.07) is 12.0. The summed E-state index contributed by atoms with van der Waals surface area (Å²) >= 11 is 0. The topological polar surface area (TPSA) is 90.7 Å². The van der Waals surface area contributed by atoms with Crippen LogP contribution in [-0.4, -0.2) is 30.1 Å². The Morgan fingerprint density at radius 1 is 1.18 bits per heavy atom. The highest BCUT2D eigenvalue weighted by Gasteiger charge is 2.13. The van der Waals surface area contributed by atoms with Crippen LogP contribution in [0.5, 0.6) is 5.75 Å². The number of aromatic nitrogens is 1. The van der Waals surface area contributed by atoms with Gasteiger partial charge in [0.2, 0.25) is 11.8 Å². The van der Waals surface area contributed by atoms with Crippen LogP contribution in [0.25, 0.3) is 17.2 Å². The Balaban J connectivity index is 1.80. The quantitative estimate of drug-likeness (QED) is 0.512. The molecule has 28 heavy (non-hydrogen) atoms. The predicted molar refractivity (Wildman–Crippen MR) is 105 cm³/mol. The van der Waals surface area contributed by atoms with Gasteiger partial charge in [0, 0.05) is 12.2 Å². The van der Waals surface area contributed by atoms with Crippen LogP contribution in [0.2, 0.25) is 0 Å². The number of carbonyl (C=O) groups excluding carboxylic acids is 2. The maximum Gasteiger partial charge on any atom is 0.337 e. The Labute approximate surface area is 162 Å². The third kappa shape index (κ3) is 4.56. The number of nitrogens with zero attached hydrogens (tertiary/aromatic N) is 1. The van der Waals surface area contributed by atoms with E-state index in [4.69, 9.17) is 13.9 Å². The number of ether oxygens (including phenoxy) is 2. The molecule has 0 radical (unpaired) electrons. The van der Waals surface area contributed by atoms with Gasteiger partial charge in [-0.15, -0.1) is 0 Å². The Morgan fingerprint density at radius 3 is 2.68 bits per heavy atom. The molecule has 0 aliphatic heterocycles. The van der Waals surface area contributed by atoms with Gasteiger partial charge in [-0.25, -0.2) is 9.78 Å². The van der Waals surface area contributed by atoms with Crippen molar-refractivity contribution in [2.24, 2.45) is 0 Å². The van der Waals surface area contributed by atoms with Crippen LogP contribution in [0.1, 0.15) is 30.1 Å². The summed E-state index contributed by atoms with van der Waals surface area (Å²) in [5, 5.41) is 2.71. The van der Waals surface area contributed by atoms with Crippen LogP contribution in [0.3, 0.4) is 0 Å². The molecule has 0 spiro atoms. The molecule has 1 N–H and O–H groups in total. The van der Waals surface area contributed by atoms with Crippen molar-refractivity contribution in [3.05, 3.63) is 60.0 Å². The van der Waals surface area contributed by atoms with E-state index in [0.29, 0.717) is 34.0 Å². The first-order valence-corrected chi connectivity index (χ1v) is 8.70. The van der Waals surface area contributed by atoms with E-state index in [1.165, 1.54) is 25.3 Å². The van der Waals surface area contributed by atoms with Crippen LogP contribution in [0.4, 0.5) is 5.69 Å². The monoisotopic (exact) mass is 380 g/mol. The lowest BCUT2D eigenvalue weighted by molar-refractivity contribution is -0.111. The molecule has 1 heterocycles. The minimum Gasteiger partial charge on any atom is -0.489 e. The van der Waals surface area contributed by atoms with Gasteiger partial charge < -0.3 is 19.2 Å². The van der Waals surface area contributed by atoms with Gasteiger partial charge in [-0.2, -0.15) is 0 Å². The van der Waals surface area contributed by atoms with Crippen molar-refractivity contribution >= 4 is 34.7 Å². The molecule has 3 rings (SSSR count). The molecule has 1 aromatic heterocycles. The lowest BCUT2D eigenvalue weighted by atomic mass is 10.2. The number of esters is 1. The highest BCUT2D eigenvalue weighted by Crippen LogP contribution is 2.27. The first kappa shape index (κ1) is 19.2. The van der Waals surface area contributed by atoms with E-state index in [9.17, 15) is 9.59 Å². The van der Waals surface area contributed by atoms with Crippen molar-refractivity contribution in [2.75, 3.05) is 12.4 Å². The Morgan fingerprint density at radius 2 is 1.96 bits per heavy atom. The number of benzene rings is 2. The van der Waals surface area contributed by atoms with Gasteiger partial charge in [-0.1, -0.05) is 12.1 Å². The summed E-state index contributed by atoms with van der Waals surface area (Å²) in [6.07, 6.45) is 2.67. The number of anilines is 1. The number of amides is 1. The molecular formula is C21H20N2O5. The van der Waals surface area contributed by atoms with Gasteiger partial charge in [0.05, 0.1) is 24.5 Å². The summed E-state index contributed by atoms with van der Waals surface area (Å²) in [7, 11) is 1.29. The summed E-state index contributed by atoms with van der Waals surface area (Å²) in [4.78, 5) is 28.4. The fourth-order valence-electron chi connectivity index (χ4n) is 2.51. The van der Waals surface area contributed by atoms with Crippen LogP contribution in [0.15, 0.2) is 53.0 Å². The largest absolute Gasteiger partial charge is 0.489 e. The molecule has 3 aromatic rings. The van der Waals surface area contributed by atoms with Crippen molar-refractivity contribution in [3.8, 4) is 5.75 Å². The molecule has 7 heteroatoms. The number of hydrogen-bond donors (Lipinski definition) is 1. The zero-order valence-electron chi connectivity index (χ0n) is 15.8. The van der Waals surface area contributed by atoms with E-state index in [2.05, 4.69) is 10.3 Å². The summed E-state index contributed by atoms with van der Waals surface area (Å²) in [5.74, 6) is -0.156. The molecule has 144 valence electrons. The third-order valence-electron chi connectivity index (χ3n) is 3.71. The van der Waals surface area contributed by atoms with Crippen molar-refractivity contribution in [1.82, 2.24) is 4.98 Å². The average Bonchev–Trinajstić information content (AvgIpc) is 3.09. The lowest BCUT2D eigenvalue weighted by Crippen LogP contribution is -2.13. The summed E-state index contributed by atoms with van der Waals surface area (Å²) in [6.45, 7) is 3.74. The van der Waals surface area contributed by atoms with E-state index in [1.54, 1.807) is 18.2 Å². The number of para-hydroxylation sites is 2. The molecule has 0 aliphatic rings. The third-order valence-corrected chi connectivity index (χ3v) is 3.71. The standard InChI is InChI=1S/C21H20N2O5/c1-13(2)27-18-9-8-14(21(25)26-3)12-16(18)22-19(24)10-11-20-23-15-6-4-5-7-17(15)28-20/h4-13H,1-3H3,(H,22,24). The molecule has 7 nitrogen and oxygen atoms in total. The molecular weight excluding hydrogens is 360 g/mol. The predicted octanol–water partition coefficient (Wildman–Crippen LogP) is 4.05. The fraction of sp³-hybridized carbons (Fsp3) is 0.190. The molecule has 0 bridgehead atoms. The van der Waals surface area contributed by atoms with Crippen LogP contribution < -0.4 is 10.1 Å². The van der Waals surface area contributed by atoms with Crippen molar-refractivity contribution < 1.29 is 23.5 Å². The first-order valence-electron chi connectivity index (χ1n) is 8.70. The number of methoxy groups -OCH3 is 1. The highest BCUT2D eigenvalue weighted by atomic mass is 16.5. The lowest BCUT2D eigenvalue weighted by Gasteiger charge is -2.15. The number of oxazole rings is 1. The second-order valence-corrected chi connectivity index (χ2v) is 6.21. The average molecular weight is 380 g/mol. The zero-order valence-corrected chi connectivity index (χ0v) is 15.8. The minimum atomic E-state index is -0.506. The number of nitrogens with one attached hydrogen (secondary N) is 1. The summed E-state index contributed by atoms with van der Waals surface area (Å²) < 4.78 is 16.0. The van der Waals surface area contributed by atoms with Crippen LogP contribution in [0, 0.1) is 0 Å². The van der Waals surface area contributed by atoms with E-state index < -0.39 is 11.9 Å². The van der Waals surface area contributed by atoms with Crippen LogP contribution in [-0.2, 0) is 9.53 Å². The normalized spacial score (nSPS) is 11.1. The second kappa shape index (κ2) is 8.39. The van der Waals surface area contributed by atoms with Gasteiger partial charge in [-0.05, 0) is 44.2 Å². The van der Waals surface area contributed by atoms with Crippen molar-refractivity contribution in [2.45, 2.75) is 20.0 Å². The van der Waals surface area contributed by atoms with Gasteiger partial charge >= 0.3 is 5.97 Å². The molecule has 0 unspecified atom stereocenters. The highest BCUT2D eigenvalue weighted by molar-refractivity contribution is 6.03.